The number of halogens is 1. The number of carbonyl (C=O) groups excluding carboxylic acids is 1. The highest BCUT2D eigenvalue weighted by atomic mass is 35.5. The van der Waals surface area contributed by atoms with Gasteiger partial charge in [0.15, 0.2) is 5.69 Å². The van der Waals surface area contributed by atoms with Crippen molar-refractivity contribution < 1.29 is 9.53 Å². The van der Waals surface area contributed by atoms with Gasteiger partial charge in [-0.25, -0.2) is 9.78 Å². The van der Waals surface area contributed by atoms with Gasteiger partial charge in [-0.05, 0) is 12.1 Å². The van der Waals surface area contributed by atoms with Crippen LogP contribution in [-0.4, -0.2) is 22.5 Å². The van der Waals surface area contributed by atoms with Gasteiger partial charge < -0.3 is 14.9 Å². The Morgan fingerprint density at radius 3 is 3.00 bits per heavy atom. The summed E-state index contributed by atoms with van der Waals surface area (Å²) >= 11 is 5.86. The lowest BCUT2D eigenvalue weighted by Gasteiger charge is -1.98. The Balaban J connectivity index is 2.72. The van der Waals surface area contributed by atoms with E-state index in [-0.39, 0.29) is 12.2 Å². The minimum absolute atomic E-state index is 0.221. The number of pyridine rings is 1. The predicted molar refractivity (Wildman–Crippen MR) is 59.4 cm³/mol. The van der Waals surface area contributed by atoms with E-state index in [1.54, 1.807) is 22.7 Å². The summed E-state index contributed by atoms with van der Waals surface area (Å²) in [5.41, 5.74) is 6.43. The molecule has 0 aliphatic rings. The number of rotatable bonds is 2. The zero-order chi connectivity index (χ0) is 11.7. The third-order valence-corrected chi connectivity index (χ3v) is 2.46. The first-order valence-corrected chi connectivity index (χ1v) is 5.00. The molecule has 0 aromatic carbocycles. The highest BCUT2D eigenvalue weighted by Gasteiger charge is 2.17. The van der Waals surface area contributed by atoms with Crippen molar-refractivity contribution in [3.8, 4) is 0 Å². The minimum Gasteiger partial charge on any atom is -0.464 e. The second-order valence-corrected chi connectivity index (χ2v) is 3.61. The molecule has 84 valence electrons. The molecular weight excluding hydrogens is 230 g/mol. The maximum Gasteiger partial charge on any atom is 0.358 e. The number of carbonyl (C=O) groups is 1. The molecule has 0 saturated heterocycles. The van der Waals surface area contributed by atoms with E-state index in [2.05, 4.69) is 9.72 Å². The average Bonchev–Trinajstić information content (AvgIpc) is 2.66. The van der Waals surface area contributed by atoms with Crippen molar-refractivity contribution in [1.82, 2.24) is 9.38 Å². The summed E-state index contributed by atoms with van der Waals surface area (Å²) in [6, 6.07) is 3.39. The number of nitrogens with zero attached hydrogens (tertiary/aromatic N) is 2. The summed E-state index contributed by atoms with van der Waals surface area (Å²) in [4.78, 5) is 15.6. The highest BCUT2D eigenvalue weighted by molar-refractivity contribution is 6.30. The minimum atomic E-state index is -0.487. The number of methoxy groups -OCH3 is 1. The van der Waals surface area contributed by atoms with Gasteiger partial charge in [0.25, 0.3) is 0 Å². The molecule has 16 heavy (non-hydrogen) atoms. The second kappa shape index (κ2) is 4.11. The maximum atomic E-state index is 11.5. The molecule has 0 spiro atoms. The monoisotopic (exact) mass is 239 g/mol. The fourth-order valence-electron chi connectivity index (χ4n) is 1.51. The molecule has 0 atom stereocenters. The predicted octanol–water partition coefficient (Wildman–Crippen LogP) is 1.23. The average molecular weight is 240 g/mol. The molecule has 0 fully saturated rings. The molecule has 2 N–H and O–H groups in total. The van der Waals surface area contributed by atoms with Crippen LogP contribution in [0.4, 0.5) is 0 Å². The van der Waals surface area contributed by atoms with Crippen LogP contribution in [0.5, 0.6) is 0 Å². The number of imidazole rings is 1. The maximum absolute atomic E-state index is 11.5. The molecule has 0 aliphatic carbocycles. The molecule has 0 unspecified atom stereocenters. The number of hydrogen-bond acceptors (Lipinski definition) is 4. The summed E-state index contributed by atoms with van der Waals surface area (Å²) in [7, 11) is 1.31. The molecule has 2 aromatic heterocycles. The zero-order valence-corrected chi connectivity index (χ0v) is 9.36. The van der Waals surface area contributed by atoms with E-state index in [1.165, 1.54) is 7.11 Å². The van der Waals surface area contributed by atoms with Crippen LogP contribution in [0.2, 0.25) is 5.02 Å². The van der Waals surface area contributed by atoms with Gasteiger partial charge in [0, 0.05) is 6.20 Å². The first kappa shape index (κ1) is 10.9. The van der Waals surface area contributed by atoms with Crippen molar-refractivity contribution in [3.63, 3.8) is 0 Å². The molecule has 0 saturated carbocycles. The van der Waals surface area contributed by atoms with E-state index in [4.69, 9.17) is 17.3 Å². The number of nitrogens with two attached hydrogens (primary N) is 1. The number of fused-ring (bicyclic) bond motifs is 1. The van der Waals surface area contributed by atoms with Gasteiger partial charge in [-0.2, -0.15) is 0 Å². The van der Waals surface area contributed by atoms with Crippen LogP contribution in [0.1, 0.15) is 16.3 Å². The fraction of sp³-hybridized carbons (Fsp3) is 0.200. The van der Waals surface area contributed by atoms with Crippen LogP contribution >= 0.6 is 11.6 Å². The van der Waals surface area contributed by atoms with Gasteiger partial charge >= 0.3 is 5.97 Å². The summed E-state index contributed by atoms with van der Waals surface area (Å²) < 4.78 is 6.33. The zero-order valence-electron chi connectivity index (χ0n) is 8.61. The topological polar surface area (TPSA) is 69.6 Å². The van der Waals surface area contributed by atoms with Crippen LogP contribution in [0.15, 0.2) is 18.3 Å². The molecule has 2 rings (SSSR count). The van der Waals surface area contributed by atoms with E-state index >= 15 is 0 Å². The Kier molecular flexibility index (Phi) is 2.80. The lowest BCUT2D eigenvalue weighted by atomic mass is 10.3. The summed E-state index contributed by atoms with van der Waals surface area (Å²) in [6.07, 6.45) is 1.67. The van der Waals surface area contributed by atoms with Gasteiger partial charge in [0.05, 0.1) is 24.2 Å². The lowest BCUT2D eigenvalue weighted by Crippen LogP contribution is -2.03. The molecule has 6 heteroatoms. The van der Waals surface area contributed by atoms with E-state index in [9.17, 15) is 4.79 Å². The van der Waals surface area contributed by atoms with Gasteiger partial charge in [-0.15, -0.1) is 0 Å². The Morgan fingerprint density at radius 1 is 1.62 bits per heavy atom. The highest BCUT2D eigenvalue weighted by Crippen LogP contribution is 2.17. The molecule has 0 aliphatic heterocycles. The first-order chi connectivity index (χ1) is 7.67. The van der Waals surface area contributed by atoms with Crippen molar-refractivity contribution >= 4 is 23.1 Å². The molecule has 0 amide bonds. The Bertz CT molecular complexity index is 550. The van der Waals surface area contributed by atoms with Crippen LogP contribution < -0.4 is 5.73 Å². The smallest absolute Gasteiger partial charge is 0.358 e. The van der Waals surface area contributed by atoms with Crippen LogP contribution in [0.25, 0.3) is 5.52 Å². The lowest BCUT2D eigenvalue weighted by molar-refractivity contribution is 0.0597. The van der Waals surface area contributed by atoms with E-state index in [0.717, 1.165) is 0 Å². The molecular formula is C10H10ClN3O2. The Morgan fingerprint density at radius 2 is 2.38 bits per heavy atom. The largest absolute Gasteiger partial charge is 0.464 e. The normalized spacial score (nSPS) is 10.7. The van der Waals surface area contributed by atoms with Crippen LogP contribution in [0.3, 0.4) is 0 Å². The van der Waals surface area contributed by atoms with Crippen molar-refractivity contribution in [2.24, 2.45) is 5.73 Å². The van der Waals surface area contributed by atoms with Gasteiger partial charge in [0.1, 0.15) is 5.82 Å². The molecule has 5 nitrogen and oxygen atoms in total. The van der Waals surface area contributed by atoms with E-state index < -0.39 is 5.97 Å². The summed E-state index contributed by atoms with van der Waals surface area (Å²) in [6.45, 7) is 0.221. The fourth-order valence-corrected chi connectivity index (χ4v) is 1.67. The molecule has 2 aromatic rings. The number of hydrogen-bond donors (Lipinski definition) is 1. The van der Waals surface area contributed by atoms with E-state index in [0.29, 0.717) is 16.4 Å². The van der Waals surface area contributed by atoms with E-state index in [1.807, 2.05) is 0 Å². The van der Waals surface area contributed by atoms with Gasteiger partial charge in [-0.3, -0.25) is 0 Å². The Hall–Kier alpha value is -1.59. The van der Waals surface area contributed by atoms with Gasteiger partial charge in [-0.1, -0.05) is 11.6 Å². The Labute approximate surface area is 96.8 Å². The quantitative estimate of drug-likeness (QED) is 0.801. The third kappa shape index (κ3) is 1.64. The molecule has 0 radical (unpaired) electrons. The standard InChI is InChI=1S/C10H10ClN3O2/c1-16-10(15)9-7-3-2-6(11)5-14(7)8(4-12)13-9/h2-3,5H,4,12H2,1H3. The second-order valence-electron chi connectivity index (χ2n) is 3.17. The van der Waals surface area contributed by atoms with Crippen LogP contribution in [-0.2, 0) is 11.3 Å². The van der Waals surface area contributed by atoms with Gasteiger partial charge in [0.2, 0.25) is 0 Å². The summed E-state index contributed by atoms with van der Waals surface area (Å²) in [5, 5.41) is 0.552. The number of esters is 1. The van der Waals surface area contributed by atoms with Crippen LogP contribution in [0, 0.1) is 0 Å². The number of ether oxygens (including phenoxy) is 1. The molecule has 2 heterocycles. The van der Waals surface area contributed by atoms with Crippen molar-refractivity contribution in [3.05, 3.63) is 34.9 Å². The first-order valence-electron chi connectivity index (χ1n) is 4.62. The molecule has 0 bridgehead atoms. The SMILES string of the molecule is COC(=O)c1nc(CN)n2cc(Cl)ccc12. The summed E-state index contributed by atoms with van der Waals surface area (Å²) in [5.74, 6) is 0.0809. The van der Waals surface area contributed by atoms with Crippen molar-refractivity contribution in [1.29, 1.82) is 0 Å². The number of aromatic nitrogens is 2. The third-order valence-electron chi connectivity index (χ3n) is 2.24. The van der Waals surface area contributed by atoms with Crippen molar-refractivity contribution in [2.45, 2.75) is 6.54 Å². The van der Waals surface area contributed by atoms with Crippen molar-refractivity contribution in [2.75, 3.05) is 7.11 Å².